The maximum Gasteiger partial charge on any atom is 0.269 e. The van der Waals surface area contributed by atoms with Gasteiger partial charge in [0.1, 0.15) is 23.8 Å². The number of aromatic nitrogens is 3. The molecule has 2 aromatic carbocycles. The largest absolute Gasteiger partial charge is 0.340 e. The molecule has 1 amide bonds. The molecule has 3 N–H and O–H groups in total. The SMILES string of the molecule is Cc1ccnc(Nc2cc(Nc3ccc(NC(=O)c4ccc([N+](=O)[O-])cc4)cc3)ncn2)c1. The van der Waals surface area contributed by atoms with Crippen LogP contribution in [0.3, 0.4) is 0 Å². The number of non-ortho nitro benzene ring substituents is 1. The third-order valence-electron chi connectivity index (χ3n) is 4.59. The number of amides is 1. The lowest BCUT2D eigenvalue weighted by Crippen LogP contribution is -2.11. The Balaban J connectivity index is 1.38. The van der Waals surface area contributed by atoms with Crippen LogP contribution in [0.25, 0.3) is 0 Å². The first-order valence-electron chi connectivity index (χ1n) is 9.91. The van der Waals surface area contributed by atoms with Crippen molar-refractivity contribution in [2.45, 2.75) is 6.92 Å². The fourth-order valence-electron chi connectivity index (χ4n) is 2.95. The van der Waals surface area contributed by atoms with Gasteiger partial charge in [-0.2, -0.15) is 0 Å². The number of nitro groups is 1. The predicted octanol–water partition coefficient (Wildman–Crippen LogP) is 4.83. The van der Waals surface area contributed by atoms with Crippen molar-refractivity contribution in [1.82, 2.24) is 15.0 Å². The molecule has 0 saturated carbocycles. The molecule has 2 heterocycles. The molecule has 10 heteroatoms. The van der Waals surface area contributed by atoms with Crippen molar-refractivity contribution >= 4 is 40.4 Å². The number of anilines is 5. The first-order chi connectivity index (χ1) is 16.0. The second kappa shape index (κ2) is 9.52. The molecule has 0 aliphatic carbocycles. The van der Waals surface area contributed by atoms with Crippen LogP contribution in [0, 0.1) is 17.0 Å². The molecule has 2 aromatic heterocycles. The van der Waals surface area contributed by atoms with Gasteiger partial charge in [-0.25, -0.2) is 15.0 Å². The zero-order valence-electron chi connectivity index (χ0n) is 17.5. The van der Waals surface area contributed by atoms with E-state index in [2.05, 4.69) is 30.9 Å². The average molecular weight is 441 g/mol. The van der Waals surface area contributed by atoms with Crippen LogP contribution in [-0.2, 0) is 0 Å². The first kappa shape index (κ1) is 21.4. The minimum atomic E-state index is -0.510. The van der Waals surface area contributed by atoms with Gasteiger partial charge in [-0.05, 0) is 61.0 Å². The zero-order valence-corrected chi connectivity index (χ0v) is 17.5. The molecule has 0 aliphatic heterocycles. The molecular weight excluding hydrogens is 422 g/mol. The minimum Gasteiger partial charge on any atom is -0.340 e. The van der Waals surface area contributed by atoms with Crippen LogP contribution in [0.1, 0.15) is 15.9 Å². The number of benzene rings is 2. The van der Waals surface area contributed by atoms with Crippen LogP contribution in [0.5, 0.6) is 0 Å². The summed E-state index contributed by atoms with van der Waals surface area (Å²) in [4.78, 5) is 35.3. The fraction of sp³-hybridized carbons (Fsp3) is 0.0435. The van der Waals surface area contributed by atoms with E-state index >= 15 is 0 Å². The number of pyridine rings is 1. The Morgan fingerprint density at radius 2 is 1.45 bits per heavy atom. The van der Waals surface area contributed by atoms with Crippen LogP contribution in [0.15, 0.2) is 79.3 Å². The smallest absolute Gasteiger partial charge is 0.269 e. The summed E-state index contributed by atoms with van der Waals surface area (Å²) in [6.07, 6.45) is 3.17. The van der Waals surface area contributed by atoms with Crippen molar-refractivity contribution in [1.29, 1.82) is 0 Å². The van der Waals surface area contributed by atoms with E-state index in [9.17, 15) is 14.9 Å². The Bertz CT molecular complexity index is 1290. The van der Waals surface area contributed by atoms with Crippen molar-refractivity contribution in [3.8, 4) is 0 Å². The van der Waals surface area contributed by atoms with Crippen LogP contribution in [-0.4, -0.2) is 25.8 Å². The number of nitrogens with zero attached hydrogens (tertiary/aromatic N) is 4. The summed E-state index contributed by atoms with van der Waals surface area (Å²) in [6.45, 7) is 1.98. The van der Waals surface area contributed by atoms with E-state index in [-0.39, 0.29) is 11.6 Å². The number of nitro benzene ring substituents is 1. The van der Waals surface area contributed by atoms with E-state index in [0.717, 1.165) is 11.3 Å². The van der Waals surface area contributed by atoms with Crippen LogP contribution in [0.2, 0.25) is 0 Å². The zero-order chi connectivity index (χ0) is 23.2. The van der Waals surface area contributed by atoms with Crippen LogP contribution in [0.4, 0.5) is 34.5 Å². The summed E-state index contributed by atoms with van der Waals surface area (Å²) < 4.78 is 0. The maximum absolute atomic E-state index is 12.4. The highest BCUT2D eigenvalue weighted by Gasteiger charge is 2.10. The van der Waals surface area contributed by atoms with E-state index in [1.807, 2.05) is 19.1 Å². The van der Waals surface area contributed by atoms with Crippen LogP contribution < -0.4 is 16.0 Å². The van der Waals surface area contributed by atoms with Gasteiger partial charge in [-0.1, -0.05) is 0 Å². The predicted molar refractivity (Wildman–Crippen MR) is 125 cm³/mol. The maximum atomic E-state index is 12.4. The van der Waals surface area contributed by atoms with E-state index in [4.69, 9.17) is 0 Å². The van der Waals surface area contributed by atoms with Gasteiger partial charge in [0.15, 0.2) is 0 Å². The van der Waals surface area contributed by atoms with Gasteiger partial charge < -0.3 is 16.0 Å². The standard InChI is InChI=1S/C23H19N7O3/c1-15-10-11-24-20(12-15)29-22-13-21(25-14-26-22)27-17-4-6-18(7-5-17)28-23(31)16-2-8-19(9-3-16)30(32)33/h2-14H,1H3,(H,28,31)(H2,24,25,26,27,29). The van der Waals surface area contributed by atoms with Gasteiger partial charge in [0.25, 0.3) is 11.6 Å². The normalized spacial score (nSPS) is 10.3. The molecule has 33 heavy (non-hydrogen) atoms. The summed E-state index contributed by atoms with van der Waals surface area (Å²) >= 11 is 0. The molecule has 4 rings (SSSR count). The molecule has 0 bridgehead atoms. The number of nitrogens with one attached hydrogen (secondary N) is 3. The lowest BCUT2D eigenvalue weighted by Gasteiger charge is -2.10. The minimum absolute atomic E-state index is 0.0693. The number of hydrogen-bond donors (Lipinski definition) is 3. The second-order valence-electron chi connectivity index (χ2n) is 7.09. The molecule has 4 aromatic rings. The Morgan fingerprint density at radius 3 is 2.12 bits per heavy atom. The van der Waals surface area contributed by atoms with Gasteiger partial charge in [0, 0.05) is 41.3 Å². The van der Waals surface area contributed by atoms with E-state index in [1.165, 1.54) is 30.6 Å². The Hall–Kier alpha value is -4.86. The second-order valence-corrected chi connectivity index (χ2v) is 7.09. The summed E-state index contributed by atoms with van der Waals surface area (Å²) in [5.41, 5.74) is 2.69. The average Bonchev–Trinajstić information content (AvgIpc) is 2.81. The number of carbonyl (C=O) groups is 1. The monoisotopic (exact) mass is 441 g/mol. The van der Waals surface area contributed by atoms with Crippen molar-refractivity contribution in [2.24, 2.45) is 0 Å². The lowest BCUT2D eigenvalue weighted by molar-refractivity contribution is -0.384. The number of aryl methyl sites for hydroxylation is 1. The lowest BCUT2D eigenvalue weighted by atomic mass is 10.2. The van der Waals surface area contributed by atoms with Gasteiger partial charge in [0.05, 0.1) is 4.92 Å². The van der Waals surface area contributed by atoms with Crippen molar-refractivity contribution in [3.05, 3.63) is 100 Å². The Morgan fingerprint density at radius 1 is 0.818 bits per heavy atom. The summed E-state index contributed by atoms with van der Waals surface area (Å²) in [7, 11) is 0. The van der Waals surface area contributed by atoms with E-state index in [1.54, 1.807) is 36.5 Å². The first-order valence-corrected chi connectivity index (χ1v) is 9.91. The third kappa shape index (κ3) is 5.64. The highest BCUT2D eigenvalue weighted by atomic mass is 16.6. The fourth-order valence-corrected chi connectivity index (χ4v) is 2.95. The topological polar surface area (TPSA) is 135 Å². The molecule has 0 spiro atoms. The quantitative estimate of drug-likeness (QED) is 0.274. The molecule has 0 unspecified atom stereocenters. The van der Waals surface area contributed by atoms with Gasteiger partial charge in [0.2, 0.25) is 0 Å². The molecule has 0 fully saturated rings. The van der Waals surface area contributed by atoms with Crippen molar-refractivity contribution in [2.75, 3.05) is 16.0 Å². The van der Waals surface area contributed by atoms with E-state index < -0.39 is 4.92 Å². The summed E-state index contributed by atoms with van der Waals surface area (Å²) in [5.74, 6) is 1.51. The molecule has 164 valence electrons. The van der Waals surface area contributed by atoms with Crippen molar-refractivity contribution < 1.29 is 9.72 Å². The van der Waals surface area contributed by atoms with E-state index in [0.29, 0.717) is 28.7 Å². The van der Waals surface area contributed by atoms with Gasteiger partial charge in [-0.3, -0.25) is 14.9 Å². The molecule has 0 aliphatic rings. The summed E-state index contributed by atoms with van der Waals surface area (Å²) in [6, 6.07) is 18.1. The Kier molecular flexibility index (Phi) is 6.17. The molecular formula is C23H19N7O3. The van der Waals surface area contributed by atoms with Gasteiger partial charge in [-0.15, -0.1) is 0 Å². The van der Waals surface area contributed by atoms with Crippen LogP contribution >= 0.6 is 0 Å². The third-order valence-corrected chi connectivity index (χ3v) is 4.59. The molecule has 0 saturated heterocycles. The highest BCUT2D eigenvalue weighted by molar-refractivity contribution is 6.04. The molecule has 0 radical (unpaired) electrons. The molecule has 0 atom stereocenters. The highest BCUT2D eigenvalue weighted by Crippen LogP contribution is 2.21. The van der Waals surface area contributed by atoms with Crippen molar-refractivity contribution in [3.63, 3.8) is 0 Å². The Labute approximate surface area is 188 Å². The number of hydrogen-bond acceptors (Lipinski definition) is 8. The van der Waals surface area contributed by atoms with Gasteiger partial charge >= 0.3 is 0 Å². The molecule has 10 nitrogen and oxygen atoms in total. The summed E-state index contributed by atoms with van der Waals surface area (Å²) in [5, 5.41) is 19.8. The number of rotatable bonds is 7. The number of carbonyl (C=O) groups excluding carboxylic acids is 1.